The van der Waals surface area contributed by atoms with Gasteiger partial charge in [0.25, 0.3) is 0 Å². The van der Waals surface area contributed by atoms with Gasteiger partial charge in [0.2, 0.25) is 0 Å². The van der Waals surface area contributed by atoms with Gasteiger partial charge in [-0.3, -0.25) is 4.90 Å². The second-order valence-electron chi connectivity index (χ2n) is 6.76. The van der Waals surface area contributed by atoms with Crippen LogP contribution in [0.1, 0.15) is 51.9 Å². The molecule has 2 N–H and O–H groups in total. The topological polar surface area (TPSA) is 38.5 Å². The highest BCUT2D eigenvalue weighted by Gasteiger charge is 2.38. The number of nitrogens with two attached hydrogens (primary N) is 1. The number of hydrogen-bond donors (Lipinski definition) is 1. The fourth-order valence-corrected chi connectivity index (χ4v) is 4.03. The molecule has 19 heavy (non-hydrogen) atoms. The van der Waals surface area contributed by atoms with Crippen molar-refractivity contribution in [2.75, 3.05) is 33.4 Å². The maximum atomic E-state index is 6.19. The van der Waals surface area contributed by atoms with Gasteiger partial charge in [0.15, 0.2) is 0 Å². The molecule has 1 aliphatic heterocycles. The Kier molecular flexibility index (Phi) is 5.67. The summed E-state index contributed by atoms with van der Waals surface area (Å²) in [4.78, 5) is 2.58. The summed E-state index contributed by atoms with van der Waals surface area (Å²) in [6, 6.07) is 0. The molecule has 3 heteroatoms. The van der Waals surface area contributed by atoms with Crippen molar-refractivity contribution < 1.29 is 4.74 Å². The van der Waals surface area contributed by atoms with E-state index < -0.39 is 0 Å². The second kappa shape index (κ2) is 7.05. The maximum absolute atomic E-state index is 6.19. The van der Waals surface area contributed by atoms with Gasteiger partial charge >= 0.3 is 0 Å². The van der Waals surface area contributed by atoms with E-state index in [2.05, 4.69) is 18.9 Å². The number of hydrogen-bond acceptors (Lipinski definition) is 3. The van der Waals surface area contributed by atoms with Crippen LogP contribution in [-0.4, -0.2) is 43.8 Å². The predicted molar refractivity (Wildman–Crippen MR) is 80.2 cm³/mol. The predicted octanol–water partition coefficient (Wildman–Crippen LogP) is 2.64. The van der Waals surface area contributed by atoms with Gasteiger partial charge in [-0.1, -0.05) is 26.2 Å². The Morgan fingerprint density at radius 3 is 2.68 bits per heavy atom. The Morgan fingerprint density at radius 1 is 1.26 bits per heavy atom. The molecule has 112 valence electrons. The zero-order chi connectivity index (χ0) is 13.7. The van der Waals surface area contributed by atoms with Crippen LogP contribution >= 0.6 is 0 Å². The first kappa shape index (κ1) is 15.3. The standard InChI is InChI=1S/C16H32N2O/c1-3-14-6-4-8-16(10-14,13-17)18(2)11-15-7-5-9-19-12-15/h14-15H,3-13,17H2,1-2H3. The molecule has 2 rings (SSSR count). The zero-order valence-corrected chi connectivity index (χ0v) is 12.9. The van der Waals surface area contributed by atoms with Crippen molar-refractivity contribution in [3.63, 3.8) is 0 Å². The summed E-state index contributed by atoms with van der Waals surface area (Å²) < 4.78 is 5.62. The van der Waals surface area contributed by atoms with E-state index in [1.165, 1.54) is 44.9 Å². The molecule has 3 atom stereocenters. The minimum absolute atomic E-state index is 0.260. The lowest BCUT2D eigenvalue weighted by atomic mass is 9.73. The molecule has 3 nitrogen and oxygen atoms in total. The summed E-state index contributed by atoms with van der Waals surface area (Å²) in [6.45, 7) is 6.20. The van der Waals surface area contributed by atoms with Crippen LogP contribution in [0.25, 0.3) is 0 Å². The molecular weight excluding hydrogens is 236 g/mol. The van der Waals surface area contributed by atoms with Crippen molar-refractivity contribution in [3.8, 4) is 0 Å². The van der Waals surface area contributed by atoms with Crippen molar-refractivity contribution in [2.24, 2.45) is 17.6 Å². The molecular formula is C16H32N2O. The van der Waals surface area contributed by atoms with Crippen molar-refractivity contribution >= 4 is 0 Å². The molecule has 0 amide bonds. The number of ether oxygens (including phenoxy) is 1. The largest absolute Gasteiger partial charge is 0.381 e. The lowest BCUT2D eigenvalue weighted by Crippen LogP contribution is -2.56. The number of nitrogens with zero attached hydrogens (tertiary/aromatic N) is 1. The van der Waals surface area contributed by atoms with Gasteiger partial charge < -0.3 is 10.5 Å². The van der Waals surface area contributed by atoms with E-state index in [4.69, 9.17) is 10.5 Å². The van der Waals surface area contributed by atoms with Crippen LogP contribution in [0.2, 0.25) is 0 Å². The Morgan fingerprint density at radius 2 is 2.05 bits per heavy atom. The summed E-state index contributed by atoms with van der Waals surface area (Å²) in [5.74, 6) is 1.59. The monoisotopic (exact) mass is 268 g/mol. The average molecular weight is 268 g/mol. The van der Waals surface area contributed by atoms with Crippen LogP contribution < -0.4 is 5.73 Å². The van der Waals surface area contributed by atoms with E-state index in [-0.39, 0.29) is 5.54 Å². The molecule has 1 saturated heterocycles. The third-order valence-corrected chi connectivity index (χ3v) is 5.48. The zero-order valence-electron chi connectivity index (χ0n) is 12.9. The molecule has 2 fully saturated rings. The Bertz CT molecular complexity index is 265. The van der Waals surface area contributed by atoms with Crippen molar-refractivity contribution in [1.82, 2.24) is 4.90 Å². The molecule has 2 aliphatic rings. The van der Waals surface area contributed by atoms with E-state index in [9.17, 15) is 0 Å². The Balaban J connectivity index is 1.94. The van der Waals surface area contributed by atoms with Gasteiger partial charge in [-0.05, 0) is 44.6 Å². The number of likely N-dealkylation sites (N-methyl/N-ethyl adjacent to an activating group) is 1. The fraction of sp³-hybridized carbons (Fsp3) is 1.00. The Hall–Kier alpha value is -0.120. The highest BCUT2D eigenvalue weighted by molar-refractivity contribution is 4.96. The highest BCUT2D eigenvalue weighted by atomic mass is 16.5. The minimum atomic E-state index is 0.260. The first-order valence-corrected chi connectivity index (χ1v) is 8.19. The summed E-state index contributed by atoms with van der Waals surface area (Å²) in [6.07, 6.45) is 9.18. The lowest BCUT2D eigenvalue weighted by Gasteiger charge is -2.48. The van der Waals surface area contributed by atoms with Crippen LogP contribution in [0.3, 0.4) is 0 Å². The van der Waals surface area contributed by atoms with Gasteiger partial charge in [-0.15, -0.1) is 0 Å². The maximum Gasteiger partial charge on any atom is 0.0506 e. The normalized spacial score (nSPS) is 36.6. The third kappa shape index (κ3) is 3.71. The van der Waals surface area contributed by atoms with Crippen LogP contribution in [0, 0.1) is 11.8 Å². The molecule has 0 bridgehead atoms. The van der Waals surface area contributed by atoms with E-state index in [1.54, 1.807) is 0 Å². The molecule has 1 heterocycles. The number of rotatable bonds is 5. The minimum Gasteiger partial charge on any atom is -0.381 e. The Labute approximate surface area is 118 Å². The van der Waals surface area contributed by atoms with Crippen LogP contribution in [0.5, 0.6) is 0 Å². The third-order valence-electron chi connectivity index (χ3n) is 5.48. The van der Waals surface area contributed by atoms with Crippen LogP contribution in [0.4, 0.5) is 0 Å². The van der Waals surface area contributed by atoms with E-state index >= 15 is 0 Å². The van der Waals surface area contributed by atoms with E-state index in [0.29, 0.717) is 5.92 Å². The summed E-state index contributed by atoms with van der Waals surface area (Å²) in [5, 5.41) is 0. The summed E-state index contributed by atoms with van der Waals surface area (Å²) in [5.41, 5.74) is 6.45. The smallest absolute Gasteiger partial charge is 0.0506 e. The highest BCUT2D eigenvalue weighted by Crippen LogP contribution is 2.37. The van der Waals surface area contributed by atoms with Gasteiger partial charge in [0.05, 0.1) is 6.61 Å². The van der Waals surface area contributed by atoms with Crippen LogP contribution in [0.15, 0.2) is 0 Å². The molecule has 1 aliphatic carbocycles. The molecule has 0 aromatic rings. The SMILES string of the molecule is CCC1CCCC(CN)(N(C)CC2CCCOC2)C1. The first-order chi connectivity index (χ1) is 9.20. The quantitative estimate of drug-likeness (QED) is 0.833. The molecule has 1 saturated carbocycles. The lowest BCUT2D eigenvalue weighted by molar-refractivity contribution is 0.00190. The molecule has 0 spiro atoms. The van der Waals surface area contributed by atoms with E-state index in [0.717, 1.165) is 32.2 Å². The molecule has 3 unspecified atom stereocenters. The van der Waals surface area contributed by atoms with Crippen LogP contribution in [-0.2, 0) is 4.74 Å². The van der Waals surface area contributed by atoms with Crippen molar-refractivity contribution in [2.45, 2.75) is 57.4 Å². The summed E-state index contributed by atoms with van der Waals surface area (Å²) >= 11 is 0. The molecule has 0 aromatic carbocycles. The van der Waals surface area contributed by atoms with Crippen molar-refractivity contribution in [3.05, 3.63) is 0 Å². The first-order valence-electron chi connectivity index (χ1n) is 8.19. The van der Waals surface area contributed by atoms with Gasteiger partial charge in [0.1, 0.15) is 0 Å². The van der Waals surface area contributed by atoms with Gasteiger partial charge in [0, 0.05) is 25.2 Å². The average Bonchev–Trinajstić information content (AvgIpc) is 2.48. The summed E-state index contributed by atoms with van der Waals surface area (Å²) in [7, 11) is 2.29. The van der Waals surface area contributed by atoms with Gasteiger partial charge in [-0.2, -0.15) is 0 Å². The molecule has 0 aromatic heterocycles. The molecule has 0 radical (unpaired) electrons. The second-order valence-corrected chi connectivity index (χ2v) is 6.76. The van der Waals surface area contributed by atoms with Crippen molar-refractivity contribution in [1.29, 1.82) is 0 Å². The van der Waals surface area contributed by atoms with E-state index in [1.807, 2.05) is 0 Å². The fourth-order valence-electron chi connectivity index (χ4n) is 4.03. The van der Waals surface area contributed by atoms with Gasteiger partial charge in [-0.25, -0.2) is 0 Å².